The highest BCUT2D eigenvalue weighted by Crippen LogP contribution is 2.17. The Morgan fingerprint density at radius 3 is 2.60 bits per heavy atom. The van der Waals surface area contributed by atoms with Crippen molar-refractivity contribution in [3.8, 4) is 5.75 Å². The van der Waals surface area contributed by atoms with Crippen LogP contribution in [0.3, 0.4) is 0 Å². The topological polar surface area (TPSA) is 50.4 Å². The van der Waals surface area contributed by atoms with E-state index in [1.165, 1.54) is 5.56 Å². The van der Waals surface area contributed by atoms with Crippen LogP contribution in [0.2, 0.25) is 0 Å². The minimum Gasteiger partial charge on any atom is -0.494 e. The highest BCUT2D eigenvalue weighted by molar-refractivity contribution is 7.80. The number of ether oxygens (including phenoxy) is 1. The lowest BCUT2D eigenvalue weighted by Gasteiger charge is -2.12. The standard InChI is InChI=1S/C20H24N2O2S/c1-15(2)19(23)22-20(25)21-17-11-6-12-18(14-17)24-13-7-10-16-8-4-3-5-9-16/h3-6,8-9,11-12,14-15H,7,10,13H2,1-2H3,(H2,21,22,23,25). The Morgan fingerprint density at radius 1 is 1.12 bits per heavy atom. The van der Waals surface area contributed by atoms with Gasteiger partial charge in [0, 0.05) is 17.7 Å². The van der Waals surface area contributed by atoms with Crippen molar-refractivity contribution in [2.75, 3.05) is 11.9 Å². The van der Waals surface area contributed by atoms with Crippen LogP contribution in [0.4, 0.5) is 5.69 Å². The number of rotatable bonds is 7. The number of aryl methyl sites for hydroxylation is 1. The molecule has 0 unspecified atom stereocenters. The van der Waals surface area contributed by atoms with Crippen LogP contribution in [0.1, 0.15) is 25.8 Å². The van der Waals surface area contributed by atoms with Crippen LogP contribution in [0.5, 0.6) is 5.75 Å². The summed E-state index contributed by atoms with van der Waals surface area (Å²) in [5.74, 6) is 0.556. The molecule has 4 nitrogen and oxygen atoms in total. The summed E-state index contributed by atoms with van der Waals surface area (Å²) in [6.45, 7) is 4.29. The molecule has 2 aromatic rings. The average molecular weight is 356 g/mol. The van der Waals surface area contributed by atoms with Crippen LogP contribution in [-0.4, -0.2) is 17.6 Å². The van der Waals surface area contributed by atoms with Crippen molar-refractivity contribution in [1.29, 1.82) is 0 Å². The fraction of sp³-hybridized carbons (Fsp3) is 0.300. The van der Waals surface area contributed by atoms with E-state index in [4.69, 9.17) is 17.0 Å². The summed E-state index contributed by atoms with van der Waals surface area (Å²) in [6, 6.07) is 17.9. The predicted octanol–water partition coefficient (Wildman–Crippen LogP) is 4.17. The van der Waals surface area contributed by atoms with Crippen molar-refractivity contribution in [3.63, 3.8) is 0 Å². The third-order valence-electron chi connectivity index (χ3n) is 3.57. The maximum Gasteiger partial charge on any atom is 0.228 e. The summed E-state index contributed by atoms with van der Waals surface area (Å²) in [4.78, 5) is 11.6. The lowest BCUT2D eigenvalue weighted by molar-refractivity contribution is -0.122. The Bertz CT molecular complexity index is 702. The molecule has 0 bridgehead atoms. The largest absolute Gasteiger partial charge is 0.494 e. The quantitative estimate of drug-likeness (QED) is 0.577. The zero-order valence-electron chi connectivity index (χ0n) is 14.6. The van der Waals surface area contributed by atoms with E-state index in [9.17, 15) is 4.79 Å². The molecule has 0 atom stereocenters. The van der Waals surface area contributed by atoms with Gasteiger partial charge in [0.15, 0.2) is 5.11 Å². The number of hydrogen-bond donors (Lipinski definition) is 2. The molecule has 0 fully saturated rings. The Morgan fingerprint density at radius 2 is 1.88 bits per heavy atom. The fourth-order valence-electron chi connectivity index (χ4n) is 2.19. The van der Waals surface area contributed by atoms with E-state index in [-0.39, 0.29) is 11.8 Å². The first-order valence-corrected chi connectivity index (χ1v) is 8.84. The van der Waals surface area contributed by atoms with E-state index in [2.05, 4.69) is 22.8 Å². The van der Waals surface area contributed by atoms with Gasteiger partial charge >= 0.3 is 0 Å². The molecule has 0 radical (unpaired) electrons. The Kier molecular flexibility index (Phi) is 7.41. The normalized spacial score (nSPS) is 10.4. The minimum absolute atomic E-state index is 0.106. The molecule has 0 saturated carbocycles. The maximum atomic E-state index is 11.6. The zero-order chi connectivity index (χ0) is 18.1. The van der Waals surface area contributed by atoms with Crippen LogP contribution in [0.15, 0.2) is 54.6 Å². The van der Waals surface area contributed by atoms with Crippen LogP contribution >= 0.6 is 12.2 Å². The zero-order valence-corrected chi connectivity index (χ0v) is 15.4. The molecular weight excluding hydrogens is 332 g/mol. The van der Waals surface area contributed by atoms with Gasteiger partial charge in [-0.15, -0.1) is 0 Å². The molecule has 0 heterocycles. The number of carbonyl (C=O) groups excluding carboxylic acids is 1. The van der Waals surface area contributed by atoms with Crippen molar-refractivity contribution < 1.29 is 9.53 Å². The molecule has 2 N–H and O–H groups in total. The number of carbonyl (C=O) groups is 1. The number of anilines is 1. The summed E-state index contributed by atoms with van der Waals surface area (Å²) >= 11 is 5.15. The second-order valence-electron chi connectivity index (χ2n) is 6.06. The van der Waals surface area contributed by atoms with E-state index in [1.807, 2.05) is 56.3 Å². The fourth-order valence-corrected chi connectivity index (χ4v) is 2.41. The molecule has 0 aliphatic heterocycles. The van der Waals surface area contributed by atoms with Crippen LogP contribution in [0.25, 0.3) is 0 Å². The minimum atomic E-state index is -0.112. The second kappa shape index (κ2) is 9.79. The maximum absolute atomic E-state index is 11.6. The van der Waals surface area contributed by atoms with Gasteiger partial charge in [-0.3, -0.25) is 4.79 Å². The Balaban J connectivity index is 1.78. The predicted molar refractivity (Wildman–Crippen MR) is 106 cm³/mol. The first-order valence-electron chi connectivity index (χ1n) is 8.43. The summed E-state index contributed by atoms with van der Waals surface area (Å²) in [5.41, 5.74) is 2.10. The number of benzene rings is 2. The highest BCUT2D eigenvalue weighted by Gasteiger charge is 2.09. The lowest BCUT2D eigenvalue weighted by atomic mass is 10.1. The van der Waals surface area contributed by atoms with Crippen LogP contribution < -0.4 is 15.4 Å². The molecule has 0 aliphatic carbocycles. The van der Waals surface area contributed by atoms with Gasteiger partial charge in [0.2, 0.25) is 5.91 Å². The molecule has 2 rings (SSSR count). The monoisotopic (exact) mass is 356 g/mol. The van der Waals surface area contributed by atoms with Gasteiger partial charge in [0.25, 0.3) is 0 Å². The molecule has 0 spiro atoms. The van der Waals surface area contributed by atoms with Crippen molar-refractivity contribution in [2.45, 2.75) is 26.7 Å². The first kappa shape index (κ1) is 18.9. The summed E-state index contributed by atoms with van der Waals surface area (Å²) in [7, 11) is 0. The number of amides is 1. The van der Waals surface area contributed by atoms with Crippen molar-refractivity contribution in [3.05, 3.63) is 60.2 Å². The Hall–Kier alpha value is -2.40. The van der Waals surface area contributed by atoms with Gasteiger partial charge in [-0.25, -0.2) is 0 Å². The third kappa shape index (κ3) is 6.93. The average Bonchev–Trinajstić information content (AvgIpc) is 2.60. The first-order chi connectivity index (χ1) is 12.0. The highest BCUT2D eigenvalue weighted by atomic mass is 32.1. The van der Waals surface area contributed by atoms with Gasteiger partial charge in [-0.05, 0) is 42.8 Å². The van der Waals surface area contributed by atoms with E-state index in [1.54, 1.807) is 0 Å². The second-order valence-corrected chi connectivity index (χ2v) is 6.47. The van der Waals surface area contributed by atoms with Crippen molar-refractivity contribution in [1.82, 2.24) is 5.32 Å². The van der Waals surface area contributed by atoms with Crippen LogP contribution in [0, 0.1) is 5.92 Å². The smallest absolute Gasteiger partial charge is 0.228 e. The summed E-state index contributed by atoms with van der Waals surface area (Å²) < 4.78 is 5.80. The van der Waals surface area contributed by atoms with Gasteiger partial charge < -0.3 is 15.4 Å². The van der Waals surface area contributed by atoms with Gasteiger partial charge in [0.05, 0.1) is 6.61 Å². The van der Waals surface area contributed by atoms with Gasteiger partial charge in [0.1, 0.15) is 5.75 Å². The molecular formula is C20H24N2O2S. The molecule has 0 aromatic heterocycles. The SMILES string of the molecule is CC(C)C(=O)NC(=S)Nc1cccc(OCCCc2ccccc2)c1. The molecule has 2 aromatic carbocycles. The van der Waals surface area contributed by atoms with E-state index >= 15 is 0 Å². The number of nitrogens with one attached hydrogen (secondary N) is 2. The van der Waals surface area contributed by atoms with E-state index in [0.29, 0.717) is 11.7 Å². The van der Waals surface area contributed by atoms with Crippen LogP contribution in [-0.2, 0) is 11.2 Å². The molecule has 0 saturated heterocycles. The Labute approximate surface area is 154 Å². The number of thiocarbonyl (C=S) groups is 1. The van der Waals surface area contributed by atoms with E-state index in [0.717, 1.165) is 24.3 Å². The van der Waals surface area contributed by atoms with Gasteiger partial charge in [-0.2, -0.15) is 0 Å². The molecule has 1 amide bonds. The molecule has 0 aliphatic rings. The summed E-state index contributed by atoms with van der Waals surface area (Å²) in [5, 5.41) is 5.95. The van der Waals surface area contributed by atoms with E-state index < -0.39 is 0 Å². The molecule has 132 valence electrons. The van der Waals surface area contributed by atoms with Gasteiger partial charge in [-0.1, -0.05) is 50.2 Å². The van der Waals surface area contributed by atoms with Crippen molar-refractivity contribution >= 4 is 28.9 Å². The summed E-state index contributed by atoms with van der Waals surface area (Å²) in [6.07, 6.45) is 1.94. The van der Waals surface area contributed by atoms with Crippen molar-refractivity contribution in [2.24, 2.45) is 5.92 Å². The third-order valence-corrected chi connectivity index (χ3v) is 3.78. The lowest BCUT2D eigenvalue weighted by Crippen LogP contribution is -2.36. The number of hydrogen-bond acceptors (Lipinski definition) is 3. The molecule has 5 heteroatoms. The molecule has 25 heavy (non-hydrogen) atoms.